The predicted octanol–water partition coefficient (Wildman–Crippen LogP) is 0.771. The summed E-state index contributed by atoms with van der Waals surface area (Å²) in [6.45, 7) is 3.66. The molecule has 9 heteroatoms. The molecule has 21 heavy (non-hydrogen) atoms. The Kier molecular flexibility index (Phi) is 5.02. The van der Waals surface area contributed by atoms with Crippen LogP contribution in [-0.2, 0) is 10.0 Å². The van der Waals surface area contributed by atoms with Crippen molar-refractivity contribution in [3.63, 3.8) is 0 Å². The second-order valence-electron chi connectivity index (χ2n) is 4.54. The van der Waals surface area contributed by atoms with Gasteiger partial charge < -0.3 is 10.2 Å². The first kappa shape index (κ1) is 16.0. The molecule has 0 radical (unpaired) electrons. The Morgan fingerprint density at radius 2 is 2.00 bits per heavy atom. The van der Waals surface area contributed by atoms with E-state index in [0.29, 0.717) is 19.6 Å². The van der Waals surface area contributed by atoms with Gasteiger partial charge in [0.15, 0.2) is 0 Å². The van der Waals surface area contributed by atoms with Gasteiger partial charge in [-0.25, -0.2) is 18.2 Å². The van der Waals surface area contributed by atoms with E-state index < -0.39 is 10.0 Å². The molecule has 0 bridgehead atoms. The van der Waals surface area contributed by atoms with Crippen molar-refractivity contribution in [2.24, 2.45) is 0 Å². The number of aromatic nitrogens is 1. The molecule has 0 spiro atoms. The number of nitrogens with zero attached hydrogens (tertiary/aromatic N) is 3. The summed E-state index contributed by atoms with van der Waals surface area (Å²) in [6, 6.07) is 2.71. The highest BCUT2D eigenvalue weighted by molar-refractivity contribution is 7.89. The number of halogens is 1. The summed E-state index contributed by atoms with van der Waals surface area (Å²) < 4.78 is 26.2. The number of sulfonamides is 1. The van der Waals surface area contributed by atoms with E-state index in [1.54, 1.807) is 4.90 Å². The maximum atomic E-state index is 12.4. The molecule has 0 saturated carbocycles. The SMILES string of the molecule is CCNC(=O)N1CCN(S(=O)(=O)c2ccc(Cl)nc2)CC1. The normalized spacial score (nSPS) is 16.8. The van der Waals surface area contributed by atoms with Crippen LogP contribution >= 0.6 is 11.6 Å². The molecular weight excluding hydrogens is 316 g/mol. The quantitative estimate of drug-likeness (QED) is 0.829. The molecule has 1 saturated heterocycles. The van der Waals surface area contributed by atoms with Crippen LogP contribution in [0.2, 0.25) is 5.15 Å². The maximum Gasteiger partial charge on any atom is 0.317 e. The van der Waals surface area contributed by atoms with Gasteiger partial charge in [-0.2, -0.15) is 4.31 Å². The van der Waals surface area contributed by atoms with Crippen LogP contribution < -0.4 is 5.32 Å². The minimum atomic E-state index is -3.59. The molecule has 0 atom stereocenters. The second kappa shape index (κ2) is 6.59. The van der Waals surface area contributed by atoms with Crippen LogP contribution in [0.3, 0.4) is 0 Å². The molecule has 116 valence electrons. The van der Waals surface area contributed by atoms with Crippen LogP contribution in [0.15, 0.2) is 23.2 Å². The smallest absolute Gasteiger partial charge is 0.317 e. The highest BCUT2D eigenvalue weighted by Gasteiger charge is 2.30. The van der Waals surface area contributed by atoms with E-state index in [-0.39, 0.29) is 29.2 Å². The zero-order valence-corrected chi connectivity index (χ0v) is 13.2. The lowest BCUT2D eigenvalue weighted by Crippen LogP contribution is -2.53. The van der Waals surface area contributed by atoms with Gasteiger partial charge in [-0.3, -0.25) is 0 Å². The summed E-state index contributed by atoms with van der Waals surface area (Å²) in [5.41, 5.74) is 0. The van der Waals surface area contributed by atoms with Gasteiger partial charge in [0, 0.05) is 38.9 Å². The van der Waals surface area contributed by atoms with Crippen LogP contribution in [0.5, 0.6) is 0 Å². The highest BCUT2D eigenvalue weighted by atomic mass is 35.5. The van der Waals surface area contributed by atoms with Gasteiger partial charge in [0.05, 0.1) is 0 Å². The van der Waals surface area contributed by atoms with Gasteiger partial charge in [-0.1, -0.05) is 11.6 Å². The number of urea groups is 1. The molecule has 2 heterocycles. The number of rotatable bonds is 3. The molecule has 1 aromatic rings. The fourth-order valence-corrected chi connectivity index (χ4v) is 3.54. The van der Waals surface area contributed by atoms with Crippen molar-refractivity contribution < 1.29 is 13.2 Å². The lowest BCUT2D eigenvalue weighted by atomic mass is 10.4. The standard InChI is InChI=1S/C12H17ClN4O3S/c1-2-14-12(18)16-5-7-17(8-6-16)21(19,20)10-3-4-11(13)15-9-10/h3-4,9H,2,5-8H2,1H3,(H,14,18). The second-order valence-corrected chi connectivity index (χ2v) is 6.87. The summed E-state index contributed by atoms with van der Waals surface area (Å²) >= 11 is 5.66. The molecular formula is C12H17ClN4O3S. The first-order valence-corrected chi connectivity index (χ1v) is 8.41. The Balaban J connectivity index is 2.04. The fraction of sp³-hybridized carbons (Fsp3) is 0.500. The number of hydrogen-bond donors (Lipinski definition) is 1. The minimum absolute atomic E-state index is 0.110. The zero-order chi connectivity index (χ0) is 15.5. The molecule has 1 N–H and O–H groups in total. The average Bonchev–Trinajstić information content (AvgIpc) is 2.48. The van der Waals surface area contributed by atoms with Crippen molar-refractivity contribution in [3.05, 3.63) is 23.5 Å². The van der Waals surface area contributed by atoms with Crippen molar-refractivity contribution in [2.75, 3.05) is 32.7 Å². The molecule has 2 rings (SSSR count). The van der Waals surface area contributed by atoms with Gasteiger partial charge in [-0.15, -0.1) is 0 Å². The zero-order valence-electron chi connectivity index (χ0n) is 11.6. The number of carbonyl (C=O) groups excluding carboxylic acids is 1. The van der Waals surface area contributed by atoms with E-state index in [1.165, 1.54) is 22.6 Å². The van der Waals surface area contributed by atoms with Crippen molar-refractivity contribution in [2.45, 2.75) is 11.8 Å². The summed E-state index contributed by atoms with van der Waals surface area (Å²) in [7, 11) is -3.59. The summed E-state index contributed by atoms with van der Waals surface area (Å²) in [4.78, 5) is 17.2. The number of piperazine rings is 1. The number of nitrogens with one attached hydrogen (secondary N) is 1. The van der Waals surface area contributed by atoms with Crippen molar-refractivity contribution in [1.82, 2.24) is 19.5 Å². The predicted molar refractivity (Wildman–Crippen MR) is 78.7 cm³/mol. The Morgan fingerprint density at radius 3 is 2.52 bits per heavy atom. The molecule has 0 aliphatic carbocycles. The van der Waals surface area contributed by atoms with E-state index in [2.05, 4.69) is 10.3 Å². The Hall–Kier alpha value is -1.38. The lowest BCUT2D eigenvalue weighted by molar-refractivity contribution is 0.173. The van der Waals surface area contributed by atoms with E-state index >= 15 is 0 Å². The Labute approximate surface area is 128 Å². The first-order valence-electron chi connectivity index (χ1n) is 6.59. The molecule has 1 fully saturated rings. The van der Waals surface area contributed by atoms with Gasteiger partial charge >= 0.3 is 6.03 Å². The molecule has 1 aliphatic heterocycles. The molecule has 7 nitrogen and oxygen atoms in total. The summed E-state index contributed by atoms with van der Waals surface area (Å²) in [5.74, 6) is 0. The fourth-order valence-electron chi connectivity index (χ4n) is 2.06. The summed E-state index contributed by atoms with van der Waals surface area (Å²) in [5, 5.41) is 2.95. The third kappa shape index (κ3) is 3.63. The largest absolute Gasteiger partial charge is 0.338 e. The molecule has 0 aromatic carbocycles. The molecule has 0 unspecified atom stereocenters. The van der Waals surface area contributed by atoms with Crippen molar-refractivity contribution >= 4 is 27.7 Å². The molecule has 2 amide bonds. The van der Waals surface area contributed by atoms with Crippen LogP contribution in [0, 0.1) is 0 Å². The Morgan fingerprint density at radius 1 is 1.33 bits per heavy atom. The first-order chi connectivity index (χ1) is 9.95. The van der Waals surface area contributed by atoms with E-state index in [0.717, 1.165) is 0 Å². The number of hydrogen-bond acceptors (Lipinski definition) is 4. The minimum Gasteiger partial charge on any atom is -0.338 e. The van der Waals surface area contributed by atoms with E-state index in [1.807, 2.05) is 6.92 Å². The van der Waals surface area contributed by atoms with Crippen LogP contribution in [0.25, 0.3) is 0 Å². The summed E-state index contributed by atoms with van der Waals surface area (Å²) in [6.07, 6.45) is 1.24. The number of amides is 2. The van der Waals surface area contributed by atoms with Crippen LogP contribution in [0.1, 0.15) is 6.92 Å². The lowest BCUT2D eigenvalue weighted by Gasteiger charge is -2.33. The van der Waals surface area contributed by atoms with Crippen LogP contribution in [0.4, 0.5) is 4.79 Å². The monoisotopic (exact) mass is 332 g/mol. The number of pyridine rings is 1. The molecule has 1 aromatic heterocycles. The van der Waals surface area contributed by atoms with Gasteiger partial charge in [-0.05, 0) is 19.1 Å². The average molecular weight is 333 g/mol. The van der Waals surface area contributed by atoms with E-state index in [4.69, 9.17) is 11.6 Å². The van der Waals surface area contributed by atoms with Gasteiger partial charge in [0.2, 0.25) is 10.0 Å². The van der Waals surface area contributed by atoms with Crippen molar-refractivity contribution in [1.29, 1.82) is 0 Å². The van der Waals surface area contributed by atoms with Gasteiger partial charge in [0.25, 0.3) is 0 Å². The van der Waals surface area contributed by atoms with Crippen molar-refractivity contribution in [3.8, 4) is 0 Å². The Bertz CT molecular complexity index is 597. The van der Waals surface area contributed by atoms with Gasteiger partial charge in [0.1, 0.15) is 10.0 Å². The van der Waals surface area contributed by atoms with E-state index in [9.17, 15) is 13.2 Å². The molecule has 1 aliphatic rings. The van der Waals surface area contributed by atoms with Crippen LogP contribution in [-0.4, -0.2) is 61.4 Å². The maximum absolute atomic E-state index is 12.4. The topological polar surface area (TPSA) is 82.6 Å². The third-order valence-corrected chi connectivity index (χ3v) is 5.30. The highest BCUT2D eigenvalue weighted by Crippen LogP contribution is 2.18. The third-order valence-electron chi connectivity index (χ3n) is 3.19. The number of carbonyl (C=O) groups is 1.